The van der Waals surface area contributed by atoms with E-state index in [2.05, 4.69) is 25.1 Å². The van der Waals surface area contributed by atoms with E-state index in [1.165, 1.54) is 11.3 Å². The fraction of sp³-hybridized carbons (Fsp3) is 0.435. The van der Waals surface area contributed by atoms with Gasteiger partial charge in [-0.25, -0.2) is 0 Å². The van der Waals surface area contributed by atoms with Crippen molar-refractivity contribution < 1.29 is 9.90 Å². The lowest BCUT2D eigenvalue weighted by Crippen LogP contribution is -2.41. The molecule has 140 valence electrons. The predicted octanol–water partition coefficient (Wildman–Crippen LogP) is 6.54. The molecule has 4 aliphatic rings. The smallest absolute Gasteiger partial charge is 0.170 e. The van der Waals surface area contributed by atoms with Crippen molar-refractivity contribution in [3.63, 3.8) is 0 Å². The van der Waals surface area contributed by atoms with Gasteiger partial charge in [0.15, 0.2) is 5.78 Å². The van der Waals surface area contributed by atoms with Crippen LogP contribution in [0.5, 0.6) is 0 Å². The molecule has 3 fully saturated rings. The third kappa shape index (κ3) is 2.62. The molecule has 1 heterocycles. The summed E-state index contributed by atoms with van der Waals surface area (Å²) < 4.78 is 0.757. The molecule has 0 amide bonds. The predicted molar refractivity (Wildman–Crippen MR) is 111 cm³/mol. The van der Waals surface area contributed by atoms with Gasteiger partial charge in [-0.3, -0.25) is 4.79 Å². The van der Waals surface area contributed by atoms with Crippen molar-refractivity contribution in [2.75, 3.05) is 0 Å². The van der Waals surface area contributed by atoms with Gasteiger partial charge in [0.25, 0.3) is 0 Å². The molecule has 1 aromatic heterocycles. The second kappa shape index (κ2) is 6.49. The lowest BCUT2D eigenvalue weighted by atomic mass is 9.59. The molecular formula is C23H23ClO2S. The van der Waals surface area contributed by atoms with Crippen molar-refractivity contribution in [3.8, 4) is 10.4 Å². The molecule has 6 rings (SSSR count). The molecule has 0 aliphatic heterocycles. The van der Waals surface area contributed by atoms with Gasteiger partial charge in [-0.2, -0.15) is 0 Å². The average Bonchev–Trinajstić information content (AvgIpc) is 3.25. The van der Waals surface area contributed by atoms with Crippen molar-refractivity contribution in [2.24, 2.45) is 23.7 Å². The summed E-state index contributed by atoms with van der Waals surface area (Å²) in [5.41, 5.74) is 3.72. The van der Waals surface area contributed by atoms with Gasteiger partial charge in [0.1, 0.15) is 5.76 Å². The van der Waals surface area contributed by atoms with Crippen LogP contribution >= 0.6 is 22.9 Å². The number of ketones is 1. The Labute approximate surface area is 168 Å². The van der Waals surface area contributed by atoms with Crippen LogP contribution in [0.2, 0.25) is 4.34 Å². The number of aryl methyl sites for hydroxylation is 1. The largest absolute Gasteiger partial charge is 0.511 e. The number of benzene rings is 1. The average molecular weight is 399 g/mol. The van der Waals surface area contributed by atoms with Crippen LogP contribution in [0, 0.1) is 23.7 Å². The quantitative estimate of drug-likeness (QED) is 0.637. The number of halogens is 1. The third-order valence-corrected chi connectivity index (χ3v) is 8.24. The zero-order chi connectivity index (χ0) is 18.7. The highest BCUT2D eigenvalue weighted by molar-refractivity contribution is 7.19. The summed E-state index contributed by atoms with van der Waals surface area (Å²) in [6.45, 7) is 2.11. The highest BCUT2D eigenvalue weighted by Crippen LogP contribution is 2.57. The molecule has 0 saturated heterocycles. The highest BCUT2D eigenvalue weighted by atomic mass is 35.5. The van der Waals surface area contributed by atoms with Crippen molar-refractivity contribution in [1.82, 2.24) is 0 Å². The Morgan fingerprint density at radius 2 is 1.78 bits per heavy atom. The van der Waals surface area contributed by atoms with Gasteiger partial charge in [0.2, 0.25) is 0 Å². The number of carbonyl (C=O) groups excluding carboxylic acids is 1. The molecule has 2 bridgehead atoms. The Bertz CT molecular complexity index is 949. The van der Waals surface area contributed by atoms with Crippen molar-refractivity contribution >= 4 is 34.3 Å². The first kappa shape index (κ1) is 17.5. The maximum absolute atomic E-state index is 13.4. The van der Waals surface area contributed by atoms with E-state index in [9.17, 15) is 9.90 Å². The summed E-state index contributed by atoms with van der Waals surface area (Å²) in [4.78, 5) is 14.5. The molecule has 2 atom stereocenters. The van der Waals surface area contributed by atoms with E-state index in [0.29, 0.717) is 23.2 Å². The number of Topliss-reactive ketones (excluding diaryl/α,β-unsaturated/α-hetero) is 1. The molecule has 1 unspecified atom stereocenters. The first-order chi connectivity index (χ1) is 13.1. The Hall–Kier alpha value is -1.58. The van der Waals surface area contributed by atoms with Gasteiger partial charge in [0.05, 0.1) is 9.91 Å². The van der Waals surface area contributed by atoms with Crippen LogP contribution in [0.15, 0.2) is 36.1 Å². The zero-order valence-corrected chi connectivity index (χ0v) is 16.9. The molecule has 4 heteroatoms. The molecule has 1 N–H and O–H groups in total. The minimum Gasteiger partial charge on any atom is -0.511 e. The lowest BCUT2D eigenvalue weighted by Gasteiger charge is -2.44. The monoisotopic (exact) mass is 398 g/mol. The first-order valence-electron chi connectivity index (χ1n) is 9.94. The number of aliphatic hydroxyl groups excluding tert-OH is 1. The van der Waals surface area contributed by atoms with E-state index in [1.54, 1.807) is 0 Å². The fourth-order valence-corrected chi connectivity index (χ4v) is 6.73. The van der Waals surface area contributed by atoms with E-state index in [1.807, 2.05) is 12.1 Å². The number of rotatable bonds is 3. The molecule has 0 radical (unpaired) electrons. The van der Waals surface area contributed by atoms with Crippen LogP contribution in [-0.2, 0) is 11.2 Å². The Morgan fingerprint density at radius 3 is 2.37 bits per heavy atom. The number of hydrogen-bond acceptors (Lipinski definition) is 3. The normalized spacial score (nSPS) is 29.5. The van der Waals surface area contributed by atoms with Crippen LogP contribution in [0.1, 0.15) is 43.7 Å². The van der Waals surface area contributed by atoms with E-state index in [4.69, 9.17) is 11.6 Å². The Morgan fingerprint density at radius 1 is 1.07 bits per heavy atom. The summed E-state index contributed by atoms with van der Waals surface area (Å²) in [6, 6.07) is 10.2. The van der Waals surface area contributed by atoms with E-state index in [0.717, 1.165) is 58.0 Å². The summed E-state index contributed by atoms with van der Waals surface area (Å²) in [5.74, 6) is 1.56. The van der Waals surface area contributed by atoms with Crippen LogP contribution < -0.4 is 0 Å². The minimum atomic E-state index is 0.0112. The summed E-state index contributed by atoms with van der Waals surface area (Å²) in [5, 5.41) is 11.2. The van der Waals surface area contributed by atoms with Crippen LogP contribution in [-0.4, -0.2) is 10.9 Å². The van der Waals surface area contributed by atoms with Gasteiger partial charge in [-0.05, 0) is 78.8 Å². The molecule has 27 heavy (non-hydrogen) atoms. The lowest BCUT2D eigenvalue weighted by molar-refractivity contribution is -0.123. The highest BCUT2D eigenvalue weighted by Gasteiger charge is 2.54. The minimum absolute atomic E-state index is 0.0112. The maximum Gasteiger partial charge on any atom is 0.170 e. The molecular weight excluding hydrogens is 376 g/mol. The zero-order valence-electron chi connectivity index (χ0n) is 15.4. The summed E-state index contributed by atoms with van der Waals surface area (Å²) in [6.07, 6.45) is 5.45. The van der Waals surface area contributed by atoms with Crippen LogP contribution in [0.25, 0.3) is 16.0 Å². The topological polar surface area (TPSA) is 37.3 Å². The van der Waals surface area contributed by atoms with Gasteiger partial charge >= 0.3 is 0 Å². The first-order valence-corrected chi connectivity index (χ1v) is 11.1. The van der Waals surface area contributed by atoms with Crippen molar-refractivity contribution in [2.45, 2.75) is 39.0 Å². The molecule has 2 aromatic rings. The van der Waals surface area contributed by atoms with Crippen molar-refractivity contribution in [1.29, 1.82) is 0 Å². The second-order valence-corrected chi connectivity index (χ2v) is 9.90. The van der Waals surface area contributed by atoms with Crippen LogP contribution in [0.4, 0.5) is 0 Å². The number of fused-ring (bicyclic) bond motifs is 2. The Balaban J connectivity index is 1.64. The van der Waals surface area contributed by atoms with Crippen molar-refractivity contribution in [3.05, 3.63) is 51.6 Å². The van der Waals surface area contributed by atoms with Gasteiger partial charge < -0.3 is 5.11 Å². The number of carbonyl (C=O) groups is 1. The number of allylic oxidation sites excluding steroid dienone is 2. The van der Waals surface area contributed by atoms with Gasteiger partial charge in [0, 0.05) is 16.7 Å². The SMILES string of the molecule is CCc1ccc(-c2ccc(Cl)s2)cc1C1=C(O)C2C3CCC(CC3)[C@H]2C1=O. The molecule has 4 aliphatic carbocycles. The van der Waals surface area contributed by atoms with E-state index in [-0.39, 0.29) is 17.6 Å². The van der Waals surface area contributed by atoms with E-state index >= 15 is 0 Å². The summed E-state index contributed by atoms with van der Waals surface area (Å²) >= 11 is 7.66. The number of hydrogen-bond donors (Lipinski definition) is 1. The van der Waals surface area contributed by atoms with Crippen LogP contribution in [0.3, 0.4) is 0 Å². The number of thiophene rings is 1. The number of aliphatic hydroxyl groups is 1. The van der Waals surface area contributed by atoms with E-state index < -0.39 is 0 Å². The second-order valence-electron chi connectivity index (χ2n) is 8.18. The third-order valence-electron chi connectivity index (χ3n) is 6.96. The molecule has 2 nitrogen and oxygen atoms in total. The van der Waals surface area contributed by atoms with Gasteiger partial charge in [-0.1, -0.05) is 30.7 Å². The van der Waals surface area contributed by atoms with Gasteiger partial charge in [-0.15, -0.1) is 11.3 Å². The standard InChI is InChI=1S/C23H23ClO2S/c1-2-12-3-8-15(17-9-10-18(24)27-17)11-16(12)21-22(25)19-13-4-5-14(7-6-13)20(19)23(21)26/h3,8-11,13-14,19-20,25H,2,4-7H2,1H3/t13?,14?,19?,20-/m1/s1. The maximum atomic E-state index is 13.4. The molecule has 3 saturated carbocycles. The summed E-state index contributed by atoms with van der Waals surface area (Å²) in [7, 11) is 0. The molecule has 0 spiro atoms. The fourth-order valence-electron chi connectivity index (χ4n) is 5.69. The Kier molecular flexibility index (Phi) is 4.21. The molecule has 1 aromatic carbocycles.